The number of thiazole rings is 1. The quantitative estimate of drug-likeness (QED) is 0.705. The monoisotopic (exact) mass is 369 g/mol. The Morgan fingerprint density at radius 1 is 1.23 bits per heavy atom. The van der Waals surface area contributed by atoms with Crippen molar-refractivity contribution in [3.63, 3.8) is 0 Å². The van der Waals surface area contributed by atoms with Crippen LogP contribution in [0.25, 0.3) is 10.6 Å². The Morgan fingerprint density at radius 2 is 2.08 bits per heavy atom. The van der Waals surface area contributed by atoms with Gasteiger partial charge < -0.3 is 15.4 Å². The second-order valence-electron chi connectivity index (χ2n) is 5.67. The minimum absolute atomic E-state index is 0.237. The predicted octanol–water partition coefficient (Wildman–Crippen LogP) is 4.07. The summed E-state index contributed by atoms with van der Waals surface area (Å²) in [6.45, 7) is 3.87. The number of nitrogens with zero attached hydrogens (tertiary/aromatic N) is 3. The minimum atomic E-state index is -0.482. The van der Waals surface area contributed by atoms with Crippen LogP contribution in [0, 0.1) is 6.92 Å². The van der Waals surface area contributed by atoms with Gasteiger partial charge in [-0.1, -0.05) is 6.07 Å². The first-order chi connectivity index (χ1) is 12.5. The number of nitrogens with one attached hydrogen (secondary N) is 2. The van der Waals surface area contributed by atoms with Gasteiger partial charge in [0.25, 0.3) is 0 Å². The van der Waals surface area contributed by atoms with Crippen LogP contribution < -0.4 is 10.6 Å². The van der Waals surface area contributed by atoms with Crippen molar-refractivity contribution in [3.8, 4) is 10.6 Å². The molecule has 0 aliphatic rings. The average molecular weight is 369 g/mol. The van der Waals surface area contributed by atoms with Crippen molar-refractivity contribution in [2.75, 3.05) is 12.4 Å². The van der Waals surface area contributed by atoms with E-state index in [2.05, 4.69) is 30.3 Å². The summed E-state index contributed by atoms with van der Waals surface area (Å²) in [6, 6.07) is 9.40. The van der Waals surface area contributed by atoms with Gasteiger partial charge in [0.2, 0.25) is 0 Å². The fraction of sp³-hybridized carbons (Fsp3) is 0.222. The summed E-state index contributed by atoms with van der Waals surface area (Å²) in [6.07, 6.45) is 3.03. The minimum Gasteiger partial charge on any atom is -0.453 e. The SMILES string of the molecule is COC(=O)N[C@@H](C)c1ncc(-c2cccc(Nc3cc(C)ccn3)n2)s1. The normalized spacial score (nSPS) is 11.7. The molecule has 7 nitrogen and oxygen atoms in total. The lowest BCUT2D eigenvalue weighted by atomic mass is 10.3. The molecule has 3 heterocycles. The molecule has 1 atom stereocenters. The first kappa shape index (κ1) is 17.8. The van der Waals surface area contributed by atoms with Crippen molar-refractivity contribution in [3.05, 3.63) is 53.3 Å². The Balaban J connectivity index is 1.77. The number of hydrogen-bond donors (Lipinski definition) is 2. The van der Waals surface area contributed by atoms with Crippen molar-refractivity contribution >= 4 is 29.1 Å². The van der Waals surface area contributed by atoms with Crippen molar-refractivity contribution in [1.29, 1.82) is 0 Å². The van der Waals surface area contributed by atoms with E-state index in [1.807, 2.05) is 44.2 Å². The number of carbonyl (C=O) groups is 1. The molecule has 134 valence electrons. The Hall–Kier alpha value is -3.00. The maximum absolute atomic E-state index is 11.3. The van der Waals surface area contributed by atoms with Crippen molar-refractivity contribution in [2.24, 2.45) is 0 Å². The molecular weight excluding hydrogens is 350 g/mol. The van der Waals surface area contributed by atoms with E-state index in [-0.39, 0.29) is 6.04 Å². The highest BCUT2D eigenvalue weighted by Gasteiger charge is 2.15. The largest absolute Gasteiger partial charge is 0.453 e. The zero-order chi connectivity index (χ0) is 18.5. The number of ether oxygens (including phenoxy) is 1. The smallest absolute Gasteiger partial charge is 0.407 e. The fourth-order valence-electron chi connectivity index (χ4n) is 2.28. The molecule has 3 rings (SSSR count). The Bertz CT molecular complexity index is 912. The number of alkyl carbamates (subject to hydrolysis) is 1. The van der Waals surface area contributed by atoms with Crippen molar-refractivity contribution in [1.82, 2.24) is 20.3 Å². The molecule has 3 aromatic heterocycles. The summed E-state index contributed by atoms with van der Waals surface area (Å²) >= 11 is 1.48. The fourth-order valence-corrected chi connectivity index (χ4v) is 3.17. The number of aromatic nitrogens is 3. The third-order valence-corrected chi connectivity index (χ3v) is 4.79. The molecule has 0 spiro atoms. The number of methoxy groups -OCH3 is 1. The first-order valence-corrected chi connectivity index (χ1v) is 8.84. The van der Waals surface area contributed by atoms with Crippen LogP contribution in [-0.4, -0.2) is 28.2 Å². The highest BCUT2D eigenvalue weighted by atomic mass is 32.1. The summed E-state index contributed by atoms with van der Waals surface area (Å²) in [5.74, 6) is 1.45. The molecule has 0 bridgehead atoms. The lowest BCUT2D eigenvalue weighted by Crippen LogP contribution is -2.26. The molecule has 0 aromatic carbocycles. The van der Waals surface area contributed by atoms with Gasteiger partial charge in [0.05, 0.1) is 23.7 Å². The van der Waals surface area contributed by atoms with E-state index in [1.165, 1.54) is 18.4 Å². The second-order valence-corrected chi connectivity index (χ2v) is 6.73. The van der Waals surface area contributed by atoms with E-state index >= 15 is 0 Å². The topological polar surface area (TPSA) is 89.0 Å². The van der Waals surface area contributed by atoms with Crippen LogP contribution in [0.15, 0.2) is 42.7 Å². The van der Waals surface area contributed by atoms with Crippen LogP contribution in [0.4, 0.5) is 16.4 Å². The highest BCUT2D eigenvalue weighted by Crippen LogP contribution is 2.29. The number of anilines is 2. The van der Waals surface area contributed by atoms with Gasteiger partial charge in [-0.3, -0.25) is 0 Å². The van der Waals surface area contributed by atoms with E-state index in [0.717, 1.165) is 27.0 Å². The lowest BCUT2D eigenvalue weighted by Gasteiger charge is -2.09. The van der Waals surface area contributed by atoms with Gasteiger partial charge >= 0.3 is 6.09 Å². The van der Waals surface area contributed by atoms with Crippen LogP contribution in [-0.2, 0) is 4.74 Å². The number of aryl methyl sites for hydroxylation is 1. The molecule has 0 aliphatic carbocycles. The van der Waals surface area contributed by atoms with Crippen LogP contribution >= 0.6 is 11.3 Å². The zero-order valence-corrected chi connectivity index (χ0v) is 15.5. The standard InChI is InChI=1S/C18H19N5O2S/c1-11-7-8-19-16(9-11)23-15-6-4-5-13(22-15)14-10-20-17(26-14)12(2)21-18(24)25-3/h4-10,12H,1-3H3,(H,21,24)(H,19,22,23)/t12-/m0/s1. The Kier molecular flexibility index (Phi) is 5.43. The molecule has 2 N–H and O–H groups in total. The Morgan fingerprint density at radius 3 is 2.85 bits per heavy atom. The summed E-state index contributed by atoms with van der Waals surface area (Å²) < 4.78 is 4.61. The van der Waals surface area contributed by atoms with Crippen molar-refractivity contribution in [2.45, 2.75) is 19.9 Å². The van der Waals surface area contributed by atoms with Crippen molar-refractivity contribution < 1.29 is 9.53 Å². The number of amides is 1. The van der Waals surface area contributed by atoms with Gasteiger partial charge in [-0.15, -0.1) is 11.3 Å². The molecule has 26 heavy (non-hydrogen) atoms. The van der Waals surface area contributed by atoms with Gasteiger partial charge in [0.15, 0.2) is 0 Å². The third-order valence-electron chi connectivity index (χ3n) is 3.59. The maximum Gasteiger partial charge on any atom is 0.407 e. The van der Waals surface area contributed by atoms with Gasteiger partial charge in [0.1, 0.15) is 16.6 Å². The van der Waals surface area contributed by atoms with E-state index in [9.17, 15) is 4.79 Å². The highest BCUT2D eigenvalue weighted by molar-refractivity contribution is 7.15. The molecule has 0 fully saturated rings. The van der Waals surface area contributed by atoms with Crippen LogP contribution in [0.5, 0.6) is 0 Å². The molecule has 0 unspecified atom stereocenters. The molecule has 8 heteroatoms. The molecule has 1 amide bonds. The van der Waals surface area contributed by atoms with E-state index < -0.39 is 6.09 Å². The molecule has 0 radical (unpaired) electrons. The van der Waals surface area contributed by atoms with Gasteiger partial charge in [-0.25, -0.2) is 19.7 Å². The van der Waals surface area contributed by atoms with Gasteiger partial charge in [-0.05, 0) is 43.7 Å². The van der Waals surface area contributed by atoms with E-state index in [4.69, 9.17) is 0 Å². The molecule has 0 saturated heterocycles. The average Bonchev–Trinajstić information content (AvgIpc) is 3.12. The molecule has 0 saturated carbocycles. The van der Waals surface area contributed by atoms with Crippen LogP contribution in [0.1, 0.15) is 23.5 Å². The summed E-state index contributed by atoms with van der Waals surface area (Å²) in [7, 11) is 1.33. The third kappa shape index (κ3) is 4.34. The number of hydrogen-bond acceptors (Lipinski definition) is 7. The molecular formula is C18H19N5O2S. The maximum atomic E-state index is 11.3. The number of rotatable bonds is 5. The lowest BCUT2D eigenvalue weighted by molar-refractivity contribution is 0.167. The molecule has 0 aliphatic heterocycles. The summed E-state index contributed by atoms with van der Waals surface area (Å²) in [5.41, 5.74) is 1.93. The predicted molar refractivity (Wildman–Crippen MR) is 102 cm³/mol. The number of carbonyl (C=O) groups excluding carboxylic acids is 1. The zero-order valence-electron chi connectivity index (χ0n) is 14.7. The number of pyridine rings is 2. The van der Waals surface area contributed by atoms with Gasteiger partial charge in [-0.2, -0.15) is 0 Å². The van der Waals surface area contributed by atoms with Crippen LogP contribution in [0.3, 0.4) is 0 Å². The second kappa shape index (κ2) is 7.92. The molecule has 3 aromatic rings. The Labute approximate surface area is 155 Å². The van der Waals surface area contributed by atoms with E-state index in [0.29, 0.717) is 5.82 Å². The van der Waals surface area contributed by atoms with E-state index in [1.54, 1.807) is 12.4 Å². The summed E-state index contributed by atoms with van der Waals surface area (Å²) in [5, 5.41) is 6.70. The first-order valence-electron chi connectivity index (χ1n) is 8.02. The van der Waals surface area contributed by atoms with Gasteiger partial charge in [0, 0.05) is 12.4 Å². The summed E-state index contributed by atoms with van der Waals surface area (Å²) in [4.78, 5) is 25.5. The van der Waals surface area contributed by atoms with Crippen LogP contribution in [0.2, 0.25) is 0 Å².